The highest BCUT2D eigenvalue weighted by molar-refractivity contribution is 7.09. The lowest BCUT2D eigenvalue weighted by Crippen LogP contribution is -2.35. The van der Waals surface area contributed by atoms with Crippen LogP contribution < -0.4 is 4.90 Å². The van der Waals surface area contributed by atoms with Crippen LogP contribution in [-0.4, -0.2) is 28.2 Å². The first kappa shape index (κ1) is 11.1. The average Bonchev–Trinajstić information content (AvgIpc) is 3.07. The summed E-state index contributed by atoms with van der Waals surface area (Å²) in [6.07, 6.45) is 4.44. The van der Waals surface area contributed by atoms with Gasteiger partial charge in [0.25, 0.3) is 0 Å². The second-order valence-corrected chi connectivity index (χ2v) is 5.81. The number of anilines is 1. The van der Waals surface area contributed by atoms with Crippen LogP contribution in [0.25, 0.3) is 0 Å². The minimum absolute atomic E-state index is 0.266. The molecule has 0 unspecified atom stereocenters. The van der Waals surface area contributed by atoms with E-state index in [0.717, 1.165) is 36.9 Å². The van der Waals surface area contributed by atoms with E-state index in [1.165, 1.54) is 24.4 Å². The summed E-state index contributed by atoms with van der Waals surface area (Å²) >= 11 is 1.51. The Balaban J connectivity index is 1.63. The third-order valence-electron chi connectivity index (χ3n) is 3.71. The Hall–Kier alpha value is -0.970. The van der Waals surface area contributed by atoms with E-state index in [-0.39, 0.29) is 5.92 Å². The molecule has 0 amide bonds. The van der Waals surface area contributed by atoms with Crippen LogP contribution in [0.3, 0.4) is 0 Å². The van der Waals surface area contributed by atoms with Crippen LogP contribution in [0.5, 0.6) is 0 Å². The Labute approximate surface area is 105 Å². The molecule has 1 saturated heterocycles. The molecule has 1 saturated carbocycles. The lowest BCUT2D eigenvalue weighted by Gasteiger charge is -2.30. The summed E-state index contributed by atoms with van der Waals surface area (Å²) < 4.78 is 4.43. The van der Waals surface area contributed by atoms with Gasteiger partial charge in [-0.3, -0.25) is 4.79 Å². The maximum absolute atomic E-state index is 11.3. The van der Waals surface area contributed by atoms with E-state index in [1.54, 1.807) is 6.92 Å². The standard InChI is InChI=1S/C12H17N3OS/c1-8(16)9-4-6-15(7-5-9)12-13-11(14-17-12)10-2-3-10/h9-10H,2-7H2,1H3. The number of ketones is 1. The molecule has 1 aliphatic carbocycles. The van der Waals surface area contributed by atoms with E-state index in [4.69, 9.17) is 0 Å². The highest BCUT2D eigenvalue weighted by atomic mass is 32.1. The predicted octanol–water partition coefficient (Wildman–Crippen LogP) is 2.22. The molecule has 17 heavy (non-hydrogen) atoms. The molecular weight excluding hydrogens is 234 g/mol. The lowest BCUT2D eigenvalue weighted by molar-refractivity contribution is -0.121. The summed E-state index contributed by atoms with van der Waals surface area (Å²) in [5, 5.41) is 1.05. The normalized spacial score (nSPS) is 21.8. The third-order valence-corrected chi connectivity index (χ3v) is 4.51. The van der Waals surface area contributed by atoms with Gasteiger partial charge < -0.3 is 4.90 Å². The second kappa shape index (κ2) is 4.37. The van der Waals surface area contributed by atoms with E-state index in [2.05, 4.69) is 14.3 Å². The molecular formula is C12H17N3OS. The van der Waals surface area contributed by atoms with Crippen molar-refractivity contribution in [2.45, 2.75) is 38.5 Å². The van der Waals surface area contributed by atoms with Gasteiger partial charge in [0, 0.05) is 36.5 Å². The molecule has 1 aromatic heterocycles. The largest absolute Gasteiger partial charge is 0.347 e. The van der Waals surface area contributed by atoms with Gasteiger partial charge in [0.05, 0.1) is 0 Å². The zero-order chi connectivity index (χ0) is 11.8. The Morgan fingerprint density at radius 2 is 2.00 bits per heavy atom. The number of aromatic nitrogens is 2. The van der Waals surface area contributed by atoms with Crippen molar-refractivity contribution in [1.82, 2.24) is 9.36 Å². The summed E-state index contributed by atoms with van der Waals surface area (Å²) in [7, 11) is 0. The average molecular weight is 251 g/mol. The molecule has 1 aromatic rings. The van der Waals surface area contributed by atoms with Gasteiger partial charge in [-0.25, -0.2) is 4.98 Å². The Bertz CT molecular complexity index is 419. The van der Waals surface area contributed by atoms with E-state index in [9.17, 15) is 4.79 Å². The summed E-state index contributed by atoms with van der Waals surface area (Å²) in [6, 6.07) is 0. The van der Waals surface area contributed by atoms with Crippen LogP contribution in [0, 0.1) is 5.92 Å². The topological polar surface area (TPSA) is 46.1 Å². The zero-order valence-corrected chi connectivity index (χ0v) is 10.9. The Kier molecular flexibility index (Phi) is 2.86. The van der Waals surface area contributed by atoms with Crippen LogP contribution in [0.2, 0.25) is 0 Å². The molecule has 0 aromatic carbocycles. The molecule has 0 bridgehead atoms. The SMILES string of the molecule is CC(=O)C1CCN(c2nc(C3CC3)ns2)CC1. The maximum atomic E-state index is 11.3. The summed E-state index contributed by atoms with van der Waals surface area (Å²) in [5.74, 6) is 2.27. The van der Waals surface area contributed by atoms with Gasteiger partial charge in [0.15, 0.2) is 0 Å². The van der Waals surface area contributed by atoms with E-state index in [1.807, 2.05) is 0 Å². The molecule has 4 nitrogen and oxygen atoms in total. The highest BCUT2D eigenvalue weighted by Gasteiger charge is 2.29. The number of rotatable bonds is 3. The van der Waals surface area contributed by atoms with E-state index >= 15 is 0 Å². The molecule has 0 spiro atoms. The van der Waals surface area contributed by atoms with Crippen LogP contribution in [0.15, 0.2) is 0 Å². The molecule has 3 rings (SSSR count). The van der Waals surface area contributed by atoms with Crippen molar-refractivity contribution in [3.8, 4) is 0 Å². The van der Waals surface area contributed by atoms with Crippen LogP contribution in [0.1, 0.15) is 44.3 Å². The molecule has 1 aliphatic heterocycles. The predicted molar refractivity (Wildman–Crippen MR) is 67.5 cm³/mol. The van der Waals surface area contributed by atoms with Crippen LogP contribution in [-0.2, 0) is 4.79 Å². The first-order valence-electron chi connectivity index (χ1n) is 6.33. The van der Waals surface area contributed by atoms with Crippen molar-refractivity contribution in [2.24, 2.45) is 5.92 Å². The second-order valence-electron chi connectivity index (χ2n) is 5.08. The number of nitrogens with zero attached hydrogens (tertiary/aromatic N) is 3. The van der Waals surface area contributed by atoms with Crippen molar-refractivity contribution in [3.05, 3.63) is 5.82 Å². The Morgan fingerprint density at radius 1 is 1.29 bits per heavy atom. The fraction of sp³-hybridized carbons (Fsp3) is 0.750. The van der Waals surface area contributed by atoms with E-state index < -0.39 is 0 Å². The van der Waals surface area contributed by atoms with E-state index in [0.29, 0.717) is 11.7 Å². The van der Waals surface area contributed by atoms with Crippen molar-refractivity contribution < 1.29 is 4.79 Å². The van der Waals surface area contributed by atoms with Crippen molar-refractivity contribution >= 4 is 22.4 Å². The van der Waals surface area contributed by atoms with Gasteiger partial charge in [-0.2, -0.15) is 4.37 Å². The number of carbonyl (C=O) groups excluding carboxylic acids is 1. The first-order valence-corrected chi connectivity index (χ1v) is 7.10. The summed E-state index contributed by atoms with van der Waals surface area (Å²) in [5.41, 5.74) is 0. The van der Waals surface area contributed by atoms with Crippen LogP contribution in [0.4, 0.5) is 5.13 Å². The van der Waals surface area contributed by atoms with Gasteiger partial charge in [-0.05, 0) is 32.6 Å². The molecule has 2 aliphatic rings. The first-order chi connectivity index (χ1) is 8.24. The third kappa shape index (κ3) is 2.34. The van der Waals surface area contributed by atoms with Gasteiger partial charge >= 0.3 is 0 Å². The van der Waals surface area contributed by atoms with Gasteiger partial charge in [0.1, 0.15) is 11.6 Å². The molecule has 5 heteroatoms. The van der Waals surface area contributed by atoms with Crippen molar-refractivity contribution in [2.75, 3.05) is 18.0 Å². The number of Topliss-reactive ketones (excluding diaryl/α,β-unsaturated/α-hetero) is 1. The minimum Gasteiger partial charge on any atom is -0.347 e. The molecule has 0 atom stereocenters. The lowest BCUT2D eigenvalue weighted by atomic mass is 9.94. The number of hydrogen-bond donors (Lipinski definition) is 0. The number of piperidine rings is 1. The smallest absolute Gasteiger partial charge is 0.205 e. The summed E-state index contributed by atoms with van der Waals surface area (Å²) in [4.78, 5) is 18.2. The molecule has 0 radical (unpaired) electrons. The quantitative estimate of drug-likeness (QED) is 0.826. The van der Waals surface area contributed by atoms with Crippen LogP contribution >= 0.6 is 11.5 Å². The molecule has 2 heterocycles. The highest BCUT2D eigenvalue weighted by Crippen LogP contribution is 2.40. The van der Waals surface area contributed by atoms with Crippen molar-refractivity contribution in [3.63, 3.8) is 0 Å². The number of carbonyl (C=O) groups is 1. The Morgan fingerprint density at radius 3 is 2.59 bits per heavy atom. The number of hydrogen-bond acceptors (Lipinski definition) is 5. The van der Waals surface area contributed by atoms with Gasteiger partial charge in [0.2, 0.25) is 5.13 Å². The minimum atomic E-state index is 0.266. The zero-order valence-electron chi connectivity index (χ0n) is 10.1. The van der Waals surface area contributed by atoms with Gasteiger partial charge in [-0.15, -0.1) is 0 Å². The monoisotopic (exact) mass is 251 g/mol. The van der Waals surface area contributed by atoms with Crippen molar-refractivity contribution in [1.29, 1.82) is 0 Å². The molecule has 0 N–H and O–H groups in total. The fourth-order valence-electron chi connectivity index (χ4n) is 2.34. The maximum Gasteiger partial charge on any atom is 0.205 e. The van der Waals surface area contributed by atoms with Gasteiger partial charge in [-0.1, -0.05) is 0 Å². The summed E-state index contributed by atoms with van der Waals surface area (Å²) in [6.45, 7) is 3.60. The fourth-order valence-corrected chi connectivity index (χ4v) is 3.14. The molecule has 2 fully saturated rings. The molecule has 92 valence electrons.